The Balaban J connectivity index is 2.37. The molecule has 0 aliphatic heterocycles. The van der Waals surface area contributed by atoms with Crippen LogP contribution in [0.3, 0.4) is 0 Å². The molecule has 0 atom stereocenters. The van der Waals surface area contributed by atoms with Crippen molar-refractivity contribution in [2.75, 3.05) is 25.6 Å². The van der Waals surface area contributed by atoms with Gasteiger partial charge in [-0.2, -0.15) is 5.10 Å². The van der Waals surface area contributed by atoms with Gasteiger partial charge >= 0.3 is 0 Å². The minimum absolute atomic E-state index is 0.644. The monoisotopic (exact) mass is 221 g/mol. The Labute approximate surface area is 93.6 Å². The number of aromatic nitrogens is 4. The molecule has 2 heterocycles. The number of anilines is 1. The van der Waals surface area contributed by atoms with Gasteiger partial charge in [-0.3, -0.25) is 4.68 Å². The highest BCUT2D eigenvalue weighted by Crippen LogP contribution is 2.21. The second kappa shape index (κ2) is 4.44. The maximum absolute atomic E-state index is 4.98. The highest BCUT2D eigenvalue weighted by atomic mass is 16.5. The van der Waals surface area contributed by atoms with Gasteiger partial charge in [-0.15, -0.1) is 0 Å². The van der Waals surface area contributed by atoms with Crippen molar-refractivity contribution in [1.29, 1.82) is 0 Å². The van der Waals surface area contributed by atoms with Crippen LogP contribution in [0.15, 0.2) is 6.33 Å². The summed E-state index contributed by atoms with van der Waals surface area (Å²) in [5.74, 6) is 0.813. The zero-order valence-corrected chi connectivity index (χ0v) is 9.69. The SMILES string of the molecule is COCCNc1ncnc2c1c(C)nn2C. The summed E-state index contributed by atoms with van der Waals surface area (Å²) in [6.07, 6.45) is 1.54. The number of ether oxygens (including phenoxy) is 1. The van der Waals surface area contributed by atoms with Crippen molar-refractivity contribution in [2.24, 2.45) is 7.05 Å². The molecule has 0 saturated carbocycles. The van der Waals surface area contributed by atoms with E-state index in [1.165, 1.54) is 0 Å². The van der Waals surface area contributed by atoms with Crippen LogP contribution in [0.5, 0.6) is 0 Å². The van der Waals surface area contributed by atoms with Crippen molar-refractivity contribution in [3.63, 3.8) is 0 Å². The quantitative estimate of drug-likeness (QED) is 0.771. The molecule has 86 valence electrons. The predicted octanol–water partition coefficient (Wildman–Crippen LogP) is 0.730. The summed E-state index contributed by atoms with van der Waals surface area (Å²) in [6.45, 7) is 3.31. The number of hydrogen-bond acceptors (Lipinski definition) is 5. The molecule has 2 aromatic heterocycles. The summed E-state index contributed by atoms with van der Waals surface area (Å²) in [5, 5.41) is 8.51. The van der Waals surface area contributed by atoms with Crippen LogP contribution in [0.2, 0.25) is 0 Å². The summed E-state index contributed by atoms with van der Waals surface area (Å²) < 4.78 is 6.74. The number of nitrogens with one attached hydrogen (secondary N) is 1. The van der Waals surface area contributed by atoms with Crippen molar-refractivity contribution in [2.45, 2.75) is 6.92 Å². The van der Waals surface area contributed by atoms with Crippen molar-refractivity contribution >= 4 is 16.9 Å². The van der Waals surface area contributed by atoms with Crippen LogP contribution < -0.4 is 5.32 Å². The summed E-state index contributed by atoms with van der Waals surface area (Å²) in [6, 6.07) is 0. The molecule has 0 unspecified atom stereocenters. The van der Waals surface area contributed by atoms with Crippen molar-refractivity contribution in [3.05, 3.63) is 12.0 Å². The fourth-order valence-electron chi connectivity index (χ4n) is 1.68. The normalized spacial score (nSPS) is 10.9. The molecule has 2 aromatic rings. The molecule has 0 amide bonds. The average molecular weight is 221 g/mol. The van der Waals surface area contributed by atoms with Crippen molar-refractivity contribution in [3.8, 4) is 0 Å². The molecule has 0 spiro atoms. The van der Waals surface area contributed by atoms with E-state index in [1.807, 2.05) is 14.0 Å². The van der Waals surface area contributed by atoms with Gasteiger partial charge in [0, 0.05) is 20.7 Å². The van der Waals surface area contributed by atoms with E-state index in [9.17, 15) is 0 Å². The third kappa shape index (κ3) is 1.83. The van der Waals surface area contributed by atoms with Crippen LogP contribution in [-0.4, -0.2) is 40.0 Å². The minimum atomic E-state index is 0.644. The zero-order chi connectivity index (χ0) is 11.5. The van der Waals surface area contributed by atoms with Gasteiger partial charge in [0.1, 0.15) is 12.1 Å². The fourth-order valence-corrected chi connectivity index (χ4v) is 1.68. The Morgan fingerprint density at radius 3 is 3.00 bits per heavy atom. The number of hydrogen-bond donors (Lipinski definition) is 1. The molecule has 1 N–H and O–H groups in total. The van der Waals surface area contributed by atoms with E-state index in [4.69, 9.17) is 4.74 Å². The second-order valence-corrected chi connectivity index (χ2v) is 3.55. The Hall–Kier alpha value is -1.69. The van der Waals surface area contributed by atoms with E-state index < -0.39 is 0 Å². The number of aryl methyl sites for hydroxylation is 2. The van der Waals surface area contributed by atoms with Crippen LogP contribution in [-0.2, 0) is 11.8 Å². The number of methoxy groups -OCH3 is 1. The fraction of sp³-hybridized carbons (Fsp3) is 0.500. The van der Waals surface area contributed by atoms with E-state index in [2.05, 4.69) is 20.4 Å². The first-order valence-corrected chi connectivity index (χ1v) is 5.11. The standard InChI is InChI=1S/C10H15N5O/c1-7-8-9(11-4-5-16-3)12-6-13-10(8)15(2)14-7/h6H,4-5H2,1-3H3,(H,11,12,13). The Morgan fingerprint density at radius 1 is 1.44 bits per heavy atom. The Bertz CT molecular complexity index is 493. The molecular formula is C10H15N5O. The van der Waals surface area contributed by atoms with Gasteiger partial charge in [0.05, 0.1) is 17.7 Å². The first-order valence-electron chi connectivity index (χ1n) is 5.11. The lowest BCUT2D eigenvalue weighted by Gasteiger charge is -2.05. The minimum Gasteiger partial charge on any atom is -0.383 e. The zero-order valence-electron chi connectivity index (χ0n) is 9.69. The highest BCUT2D eigenvalue weighted by Gasteiger charge is 2.11. The van der Waals surface area contributed by atoms with E-state index in [1.54, 1.807) is 18.1 Å². The molecule has 0 fully saturated rings. The second-order valence-electron chi connectivity index (χ2n) is 3.55. The van der Waals surface area contributed by atoms with Gasteiger partial charge < -0.3 is 10.1 Å². The summed E-state index contributed by atoms with van der Waals surface area (Å²) in [5.41, 5.74) is 1.77. The lowest BCUT2D eigenvalue weighted by atomic mass is 10.3. The van der Waals surface area contributed by atoms with Gasteiger partial charge in [0.15, 0.2) is 5.65 Å². The van der Waals surface area contributed by atoms with Crippen LogP contribution in [0.25, 0.3) is 11.0 Å². The molecule has 16 heavy (non-hydrogen) atoms. The molecule has 2 rings (SSSR count). The van der Waals surface area contributed by atoms with Gasteiger partial charge in [0.25, 0.3) is 0 Å². The molecule has 6 heteroatoms. The molecular weight excluding hydrogens is 206 g/mol. The predicted molar refractivity (Wildman–Crippen MR) is 61.4 cm³/mol. The third-order valence-electron chi connectivity index (χ3n) is 2.39. The Morgan fingerprint density at radius 2 is 2.25 bits per heavy atom. The van der Waals surface area contributed by atoms with Crippen LogP contribution in [0.4, 0.5) is 5.82 Å². The molecule has 0 bridgehead atoms. The maximum atomic E-state index is 4.98. The van der Waals surface area contributed by atoms with Gasteiger partial charge in [0.2, 0.25) is 0 Å². The molecule has 0 aromatic carbocycles. The number of nitrogens with zero attached hydrogens (tertiary/aromatic N) is 4. The molecule has 0 radical (unpaired) electrons. The van der Waals surface area contributed by atoms with Crippen LogP contribution in [0, 0.1) is 6.92 Å². The van der Waals surface area contributed by atoms with Gasteiger partial charge in [-0.1, -0.05) is 0 Å². The van der Waals surface area contributed by atoms with Gasteiger partial charge in [-0.05, 0) is 6.92 Å². The van der Waals surface area contributed by atoms with E-state index in [-0.39, 0.29) is 0 Å². The van der Waals surface area contributed by atoms with E-state index in [0.29, 0.717) is 6.61 Å². The molecule has 0 aliphatic rings. The lowest BCUT2D eigenvalue weighted by Crippen LogP contribution is -2.09. The molecule has 0 aliphatic carbocycles. The van der Waals surface area contributed by atoms with Crippen molar-refractivity contribution < 1.29 is 4.74 Å². The van der Waals surface area contributed by atoms with Crippen LogP contribution in [0.1, 0.15) is 5.69 Å². The lowest BCUT2D eigenvalue weighted by molar-refractivity contribution is 0.210. The summed E-state index contributed by atoms with van der Waals surface area (Å²) >= 11 is 0. The largest absolute Gasteiger partial charge is 0.383 e. The molecule has 6 nitrogen and oxygen atoms in total. The molecule has 0 saturated heterocycles. The topological polar surface area (TPSA) is 64.9 Å². The summed E-state index contributed by atoms with van der Waals surface area (Å²) in [4.78, 5) is 8.43. The van der Waals surface area contributed by atoms with Crippen LogP contribution >= 0.6 is 0 Å². The number of rotatable bonds is 4. The van der Waals surface area contributed by atoms with Gasteiger partial charge in [-0.25, -0.2) is 9.97 Å². The van der Waals surface area contributed by atoms with Crippen molar-refractivity contribution in [1.82, 2.24) is 19.7 Å². The average Bonchev–Trinajstić information content (AvgIpc) is 2.56. The number of fused-ring (bicyclic) bond motifs is 1. The smallest absolute Gasteiger partial charge is 0.163 e. The Kier molecular flexibility index (Phi) is 3.00. The first kappa shape index (κ1) is 10.8. The third-order valence-corrected chi connectivity index (χ3v) is 2.39. The van der Waals surface area contributed by atoms with E-state index >= 15 is 0 Å². The highest BCUT2D eigenvalue weighted by molar-refractivity contribution is 5.88. The maximum Gasteiger partial charge on any atom is 0.163 e. The summed E-state index contributed by atoms with van der Waals surface area (Å²) in [7, 11) is 3.55. The first-order chi connectivity index (χ1) is 7.74. The van der Waals surface area contributed by atoms with E-state index in [0.717, 1.165) is 29.1 Å².